The molecular formula is C28H32F6O3. The fraction of sp³-hybridized carbons (Fsp3) is 0.607. The maximum absolute atomic E-state index is 13.0. The first-order valence-electron chi connectivity index (χ1n) is 12.5. The zero-order chi connectivity index (χ0) is 27.4. The minimum Gasteiger partial charge on any atom is -0.393 e. The van der Waals surface area contributed by atoms with Gasteiger partial charge < -0.3 is 15.3 Å². The van der Waals surface area contributed by atoms with E-state index in [2.05, 4.69) is 19.2 Å². The molecule has 4 rings (SSSR count). The Morgan fingerprint density at radius 1 is 1.08 bits per heavy atom. The minimum atomic E-state index is -5.88. The summed E-state index contributed by atoms with van der Waals surface area (Å²) in [6.45, 7) is 6.01. The molecule has 4 aliphatic carbocycles. The summed E-state index contributed by atoms with van der Waals surface area (Å²) in [6, 6.07) is 0. The molecule has 204 valence electrons. The van der Waals surface area contributed by atoms with E-state index < -0.39 is 35.6 Å². The van der Waals surface area contributed by atoms with Crippen LogP contribution in [-0.2, 0) is 0 Å². The Bertz CT molecular complexity index is 1080. The van der Waals surface area contributed by atoms with Gasteiger partial charge in [-0.2, -0.15) is 26.3 Å². The molecule has 0 aromatic carbocycles. The summed E-state index contributed by atoms with van der Waals surface area (Å²) < 4.78 is 78.3. The second kappa shape index (κ2) is 9.30. The highest BCUT2D eigenvalue weighted by atomic mass is 19.4. The SMILES string of the molecule is C=C1/C(=C\C=C2/CCC[C@]3(C)C(C4(C/C=C/C(O)(C(F)(F)F)C(F)(F)F)CC4)=C=C[C@@H]23)C[C@@H](O)C[C@@H]1O. The summed E-state index contributed by atoms with van der Waals surface area (Å²) in [4.78, 5) is 0. The smallest absolute Gasteiger partial charge is 0.393 e. The van der Waals surface area contributed by atoms with Gasteiger partial charge in [0.1, 0.15) is 0 Å². The normalized spacial score (nSPS) is 34.4. The molecule has 9 heteroatoms. The van der Waals surface area contributed by atoms with E-state index in [-0.39, 0.29) is 30.3 Å². The molecule has 37 heavy (non-hydrogen) atoms. The lowest BCUT2D eigenvalue weighted by molar-refractivity contribution is -0.347. The van der Waals surface area contributed by atoms with Gasteiger partial charge in [-0.25, -0.2) is 0 Å². The first-order chi connectivity index (χ1) is 17.0. The van der Waals surface area contributed by atoms with Gasteiger partial charge >= 0.3 is 12.4 Å². The maximum atomic E-state index is 13.0. The molecule has 0 aromatic rings. The molecule has 4 atom stereocenters. The molecule has 0 bridgehead atoms. The molecule has 0 saturated heterocycles. The summed E-state index contributed by atoms with van der Waals surface area (Å²) in [5, 5.41) is 29.6. The van der Waals surface area contributed by atoms with Gasteiger partial charge in [-0.3, -0.25) is 0 Å². The van der Waals surface area contributed by atoms with Crippen LogP contribution in [0, 0.1) is 16.7 Å². The predicted octanol–water partition coefficient (Wildman–Crippen LogP) is 6.39. The third-order valence-corrected chi connectivity index (χ3v) is 8.59. The molecule has 3 saturated carbocycles. The summed E-state index contributed by atoms with van der Waals surface area (Å²) in [5.74, 6) is -0.0106. The fourth-order valence-electron chi connectivity index (χ4n) is 6.21. The third kappa shape index (κ3) is 4.91. The van der Waals surface area contributed by atoms with E-state index >= 15 is 0 Å². The Hall–Kier alpha value is -2.06. The van der Waals surface area contributed by atoms with Crippen molar-refractivity contribution in [1.82, 2.24) is 0 Å². The highest BCUT2D eigenvalue weighted by molar-refractivity contribution is 5.43. The van der Waals surface area contributed by atoms with Gasteiger partial charge in [0.2, 0.25) is 0 Å². The molecule has 4 aliphatic rings. The Morgan fingerprint density at radius 2 is 1.73 bits per heavy atom. The molecule has 0 radical (unpaired) electrons. The lowest BCUT2D eigenvalue weighted by atomic mass is 9.60. The maximum Gasteiger partial charge on any atom is 0.429 e. The minimum absolute atomic E-state index is 0.0106. The molecule has 0 aromatic heterocycles. The standard InChI is InChI=1S/C28H32F6O3/c1-17-19(15-20(35)16-22(17)36)7-6-18-5-3-10-24(2)21(18)8-9-23(24)25(13-14-25)11-4-12-26(37,27(29,30)31)28(32,33)34/h4,6-8,12,20-22,35-37H,1,3,5,10-11,13-16H2,2H3/b12-4+,18-6+,19-7-/t20-,21+,22+,24+/m1/s1. The Kier molecular flexibility index (Phi) is 7.03. The van der Waals surface area contributed by atoms with Crippen molar-refractivity contribution in [2.45, 2.75) is 88.5 Å². The van der Waals surface area contributed by atoms with Crippen LogP contribution in [0.3, 0.4) is 0 Å². The first kappa shape index (κ1) is 28.0. The quantitative estimate of drug-likeness (QED) is 0.219. The van der Waals surface area contributed by atoms with Crippen molar-refractivity contribution in [1.29, 1.82) is 0 Å². The number of allylic oxidation sites excluding steroid dienone is 5. The second-order valence-electron chi connectivity index (χ2n) is 11.2. The average molecular weight is 531 g/mol. The summed E-state index contributed by atoms with van der Waals surface area (Å²) in [5.41, 5.74) is 0.931. The van der Waals surface area contributed by atoms with Gasteiger partial charge in [0.05, 0.1) is 12.2 Å². The third-order valence-electron chi connectivity index (χ3n) is 8.59. The van der Waals surface area contributed by atoms with Crippen LogP contribution in [0.4, 0.5) is 26.3 Å². The monoisotopic (exact) mass is 530 g/mol. The molecule has 0 amide bonds. The largest absolute Gasteiger partial charge is 0.429 e. The fourth-order valence-corrected chi connectivity index (χ4v) is 6.21. The lowest BCUT2D eigenvalue weighted by Gasteiger charge is -2.42. The van der Waals surface area contributed by atoms with Crippen LogP contribution in [0.1, 0.15) is 58.3 Å². The van der Waals surface area contributed by atoms with E-state index in [1.165, 1.54) is 0 Å². The Balaban J connectivity index is 1.54. The second-order valence-corrected chi connectivity index (χ2v) is 11.2. The molecule has 0 aliphatic heterocycles. The molecule has 3 N–H and O–H groups in total. The van der Waals surface area contributed by atoms with Crippen molar-refractivity contribution in [3.8, 4) is 0 Å². The van der Waals surface area contributed by atoms with E-state index in [4.69, 9.17) is 0 Å². The number of rotatable bonds is 5. The molecular weight excluding hydrogens is 498 g/mol. The van der Waals surface area contributed by atoms with E-state index in [0.717, 1.165) is 42.1 Å². The van der Waals surface area contributed by atoms with E-state index in [1.54, 1.807) is 0 Å². The highest BCUT2D eigenvalue weighted by Crippen LogP contribution is 2.66. The van der Waals surface area contributed by atoms with Gasteiger partial charge in [-0.05, 0) is 73.8 Å². The Labute approximate surface area is 212 Å². The van der Waals surface area contributed by atoms with Crippen molar-refractivity contribution in [3.63, 3.8) is 0 Å². The molecule has 3 fully saturated rings. The van der Waals surface area contributed by atoms with Crippen molar-refractivity contribution < 1.29 is 41.7 Å². The van der Waals surface area contributed by atoms with Crippen molar-refractivity contribution in [2.75, 3.05) is 0 Å². The number of fused-ring (bicyclic) bond motifs is 1. The number of aliphatic hydroxyl groups excluding tert-OH is 2. The average Bonchev–Trinajstić information content (AvgIpc) is 3.46. The van der Waals surface area contributed by atoms with E-state index in [0.29, 0.717) is 24.8 Å². The lowest BCUT2D eigenvalue weighted by Crippen LogP contribution is -2.55. The number of halogens is 6. The summed E-state index contributed by atoms with van der Waals surface area (Å²) >= 11 is 0. The zero-order valence-corrected chi connectivity index (χ0v) is 20.6. The van der Waals surface area contributed by atoms with Gasteiger partial charge in [0.25, 0.3) is 5.60 Å². The molecule has 0 unspecified atom stereocenters. The van der Waals surface area contributed by atoms with Gasteiger partial charge in [-0.15, -0.1) is 5.73 Å². The number of hydrogen-bond acceptors (Lipinski definition) is 3. The topological polar surface area (TPSA) is 60.7 Å². The highest BCUT2D eigenvalue weighted by Gasteiger charge is 2.69. The number of aliphatic hydroxyl groups is 3. The summed E-state index contributed by atoms with van der Waals surface area (Å²) in [7, 11) is 0. The first-order valence-corrected chi connectivity index (χ1v) is 12.5. The molecule has 0 spiro atoms. The van der Waals surface area contributed by atoms with Crippen LogP contribution in [-0.4, -0.2) is 45.5 Å². The van der Waals surface area contributed by atoms with E-state index in [9.17, 15) is 41.7 Å². The molecule has 3 nitrogen and oxygen atoms in total. The van der Waals surface area contributed by atoms with Crippen LogP contribution in [0.2, 0.25) is 0 Å². The van der Waals surface area contributed by atoms with Gasteiger partial charge in [0, 0.05) is 23.2 Å². The van der Waals surface area contributed by atoms with Crippen LogP contribution in [0.15, 0.2) is 65.0 Å². The Morgan fingerprint density at radius 3 is 2.32 bits per heavy atom. The van der Waals surface area contributed by atoms with Gasteiger partial charge in [0.15, 0.2) is 0 Å². The van der Waals surface area contributed by atoms with E-state index in [1.807, 2.05) is 18.2 Å². The number of alkyl halides is 6. The van der Waals surface area contributed by atoms with Crippen LogP contribution < -0.4 is 0 Å². The van der Waals surface area contributed by atoms with Crippen LogP contribution in [0.5, 0.6) is 0 Å². The van der Waals surface area contributed by atoms with Crippen LogP contribution in [0.25, 0.3) is 0 Å². The van der Waals surface area contributed by atoms with Crippen molar-refractivity contribution >= 4 is 0 Å². The molecule has 0 heterocycles. The number of hydrogen-bond donors (Lipinski definition) is 3. The summed E-state index contributed by atoms with van der Waals surface area (Å²) in [6.07, 6.45) is -2.35. The van der Waals surface area contributed by atoms with Gasteiger partial charge in [-0.1, -0.05) is 37.3 Å². The predicted molar refractivity (Wildman–Crippen MR) is 126 cm³/mol. The zero-order valence-electron chi connectivity index (χ0n) is 20.6. The van der Waals surface area contributed by atoms with Crippen LogP contribution >= 0.6 is 0 Å². The van der Waals surface area contributed by atoms with Crippen molar-refractivity contribution in [2.24, 2.45) is 16.7 Å². The van der Waals surface area contributed by atoms with Crippen molar-refractivity contribution in [3.05, 3.63) is 65.0 Å².